The lowest BCUT2D eigenvalue weighted by Gasteiger charge is -2.16. The Labute approximate surface area is 195 Å². The van der Waals surface area contributed by atoms with Crippen LogP contribution in [0.5, 0.6) is 5.75 Å². The van der Waals surface area contributed by atoms with E-state index in [1.54, 1.807) is 0 Å². The lowest BCUT2D eigenvalue weighted by molar-refractivity contribution is -0.274. The highest BCUT2D eigenvalue weighted by Crippen LogP contribution is 2.27. The molecule has 0 bridgehead atoms. The molecule has 0 aliphatic heterocycles. The summed E-state index contributed by atoms with van der Waals surface area (Å²) < 4.78 is 66.8. The summed E-state index contributed by atoms with van der Waals surface area (Å²) in [5, 5.41) is 15.6. The topological polar surface area (TPSA) is 166 Å². The third-order valence-corrected chi connectivity index (χ3v) is 5.56. The predicted molar refractivity (Wildman–Crippen MR) is 111 cm³/mol. The predicted octanol–water partition coefficient (Wildman–Crippen LogP) is 1.86. The van der Waals surface area contributed by atoms with E-state index in [4.69, 9.17) is 5.11 Å². The van der Waals surface area contributed by atoms with Crippen molar-refractivity contribution in [2.75, 3.05) is 6.26 Å². The van der Waals surface area contributed by atoms with Gasteiger partial charge in [-0.15, -0.1) is 13.2 Å². The third kappa shape index (κ3) is 6.08. The van der Waals surface area contributed by atoms with Crippen molar-refractivity contribution in [3.63, 3.8) is 0 Å². The first-order valence-electron chi connectivity index (χ1n) is 9.54. The third-order valence-electron chi connectivity index (χ3n) is 4.47. The second-order valence-electron chi connectivity index (χ2n) is 7.21. The number of halogens is 3. The van der Waals surface area contributed by atoms with Crippen LogP contribution in [-0.4, -0.2) is 62.8 Å². The van der Waals surface area contributed by atoms with E-state index >= 15 is 0 Å². The molecule has 0 spiro atoms. The Balaban J connectivity index is 1.91. The maximum Gasteiger partial charge on any atom is 0.573 e. The summed E-state index contributed by atoms with van der Waals surface area (Å²) in [5.41, 5.74) is -0.575. The molecule has 3 aromatic rings. The molecule has 0 saturated carbocycles. The summed E-state index contributed by atoms with van der Waals surface area (Å²) in [7, 11) is -3.98. The zero-order valence-electron chi connectivity index (χ0n) is 18.2. The second kappa shape index (κ2) is 9.28. The van der Waals surface area contributed by atoms with Gasteiger partial charge in [0, 0.05) is 11.8 Å². The highest BCUT2D eigenvalue weighted by atomic mass is 32.2. The Bertz CT molecular complexity index is 1410. The molecule has 0 aliphatic rings. The van der Waals surface area contributed by atoms with Gasteiger partial charge in [0.05, 0.1) is 22.8 Å². The van der Waals surface area contributed by atoms with Gasteiger partial charge in [-0.05, 0) is 32.0 Å². The van der Waals surface area contributed by atoms with E-state index < -0.39 is 50.3 Å². The number of carbonyl (C=O) groups is 2. The molecule has 12 nitrogen and oxygen atoms in total. The molecule has 1 atom stereocenters. The number of carbonyl (C=O) groups excluding carboxylic acids is 1. The van der Waals surface area contributed by atoms with Gasteiger partial charge in [-0.2, -0.15) is 9.78 Å². The SMILES string of the molecule is Cc1nc(-n2ncnc2[C@H](C)NC(=O)c2cc(OC(F)(F)F)cc(S(C)(=O)=O)c2)cnc1C(=O)O. The number of aromatic carboxylic acids is 1. The fourth-order valence-electron chi connectivity index (χ4n) is 2.96. The normalized spacial score (nSPS) is 12.7. The van der Waals surface area contributed by atoms with Gasteiger partial charge >= 0.3 is 12.3 Å². The van der Waals surface area contributed by atoms with Gasteiger partial charge in [0.2, 0.25) is 0 Å². The number of hydrogen-bond acceptors (Lipinski definition) is 9. The maximum absolute atomic E-state index is 12.8. The number of benzene rings is 1. The first kappa shape index (κ1) is 25.5. The largest absolute Gasteiger partial charge is 0.573 e. The summed E-state index contributed by atoms with van der Waals surface area (Å²) in [6.07, 6.45) is -2.06. The standard InChI is InChI=1S/C19H17F3N6O6S/c1-9-15(18(30)31)23-7-14(26-9)28-16(24-8-25-28)10(2)27-17(29)11-4-12(34-19(20,21)22)6-13(5-11)35(3,32)33/h4-8,10H,1-3H3,(H,27,29)(H,30,31)/t10-/m0/s1. The Morgan fingerprint density at radius 1 is 1.20 bits per heavy atom. The molecule has 0 radical (unpaired) electrons. The molecule has 2 N–H and O–H groups in total. The molecule has 0 fully saturated rings. The van der Waals surface area contributed by atoms with Crippen molar-refractivity contribution in [1.82, 2.24) is 30.0 Å². The van der Waals surface area contributed by atoms with Crippen molar-refractivity contribution in [2.45, 2.75) is 31.1 Å². The number of alkyl halides is 3. The minimum atomic E-state index is -5.11. The number of hydrogen-bond donors (Lipinski definition) is 2. The van der Waals surface area contributed by atoms with Crippen molar-refractivity contribution in [3.8, 4) is 11.6 Å². The number of nitrogens with zero attached hydrogens (tertiary/aromatic N) is 5. The molecule has 186 valence electrons. The molecule has 0 unspecified atom stereocenters. The summed E-state index contributed by atoms with van der Waals surface area (Å²) >= 11 is 0. The van der Waals surface area contributed by atoms with Gasteiger partial charge in [0.1, 0.15) is 12.1 Å². The highest BCUT2D eigenvalue weighted by Gasteiger charge is 2.32. The Morgan fingerprint density at radius 3 is 2.46 bits per heavy atom. The van der Waals surface area contributed by atoms with Crippen LogP contribution in [0.15, 0.2) is 35.6 Å². The minimum Gasteiger partial charge on any atom is -0.476 e. The molecule has 0 saturated heterocycles. The first-order valence-corrected chi connectivity index (χ1v) is 11.4. The van der Waals surface area contributed by atoms with Gasteiger partial charge in [-0.1, -0.05) is 0 Å². The number of ether oxygens (including phenoxy) is 1. The molecule has 16 heteroatoms. The molecule has 0 aliphatic carbocycles. The smallest absolute Gasteiger partial charge is 0.476 e. The first-order chi connectivity index (χ1) is 16.2. The summed E-state index contributed by atoms with van der Waals surface area (Å²) in [6, 6.07) is 1.40. The number of sulfone groups is 1. The number of aryl methyl sites for hydroxylation is 1. The zero-order valence-corrected chi connectivity index (χ0v) is 19.0. The molecule has 1 aromatic carbocycles. The summed E-state index contributed by atoms with van der Waals surface area (Å²) in [5.74, 6) is -2.85. The van der Waals surface area contributed by atoms with Gasteiger partial charge < -0.3 is 15.2 Å². The highest BCUT2D eigenvalue weighted by molar-refractivity contribution is 7.90. The zero-order chi connectivity index (χ0) is 26.1. The van der Waals surface area contributed by atoms with Crippen LogP contribution in [0.4, 0.5) is 13.2 Å². The van der Waals surface area contributed by atoms with E-state index in [0.29, 0.717) is 6.07 Å². The van der Waals surface area contributed by atoms with Crippen molar-refractivity contribution in [2.24, 2.45) is 0 Å². The quantitative estimate of drug-likeness (QED) is 0.475. The Kier molecular flexibility index (Phi) is 6.77. The van der Waals surface area contributed by atoms with E-state index in [1.807, 2.05) is 0 Å². The van der Waals surface area contributed by atoms with Gasteiger partial charge in [0.15, 0.2) is 27.2 Å². The molecule has 35 heavy (non-hydrogen) atoms. The van der Waals surface area contributed by atoms with Crippen LogP contribution in [0.1, 0.15) is 45.3 Å². The van der Waals surface area contributed by atoms with E-state index in [9.17, 15) is 31.2 Å². The number of carboxylic acids is 1. The van der Waals surface area contributed by atoms with E-state index in [0.717, 1.165) is 30.9 Å². The number of nitrogens with one attached hydrogen (secondary N) is 1. The van der Waals surface area contributed by atoms with Gasteiger partial charge in [-0.3, -0.25) is 4.79 Å². The van der Waals surface area contributed by atoms with Crippen LogP contribution < -0.4 is 10.1 Å². The number of carboxylic acid groups (broad SMARTS) is 1. The Hall–Kier alpha value is -4.08. The molecular formula is C19H17F3N6O6S. The molecule has 1 amide bonds. The maximum atomic E-state index is 12.8. The average molecular weight is 514 g/mol. The van der Waals surface area contributed by atoms with Crippen LogP contribution in [0, 0.1) is 6.92 Å². The van der Waals surface area contributed by atoms with Crippen LogP contribution in [0.2, 0.25) is 0 Å². The summed E-state index contributed by atoms with van der Waals surface area (Å²) in [6.45, 7) is 2.91. The van der Waals surface area contributed by atoms with E-state index in [2.05, 4.69) is 30.1 Å². The number of amides is 1. The second-order valence-corrected chi connectivity index (χ2v) is 9.22. The summed E-state index contributed by atoms with van der Waals surface area (Å²) in [4.78, 5) is 35.3. The monoisotopic (exact) mass is 514 g/mol. The van der Waals surface area contributed by atoms with E-state index in [1.165, 1.54) is 18.5 Å². The van der Waals surface area contributed by atoms with Crippen molar-refractivity contribution >= 4 is 21.7 Å². The Morgan fingerprint density at radius 2 is 1.89 bits per heavy atom. The fourth-order valence-corrected chi connectivity index (χ4v) is 3.63. The van der Waals surface area contributed by atoms with Crippen molar-refractivity contribution in [3.05, 3.63) is 53.5 Å². The van der Waals surface area contributed by atoms with Gasteiger partial charge in [0.25, 0.3) is 5.91 Å². The lowest BCUT2D eigenvalue weighted by Crippen LogP contribution is -2.29. The van der Waals surface area contributed by atoms with Crippen LogP contribution >= 0.6 is 0 Å². The molecular weight excluding hydrogens is 497 g/mol. The average Bonchev–Trinajstić information content (AvgIpc) is 3.21. The molecule has 3 rings (SSSR count). The van der Waals surface area contributed by atoms with Crippen LogP contribution in [0.25, 0.3) is 5.82 Å². The number of rotatable bonds is 7. The number of aromatic nitrogens is 5. The fraction of sp³-hybridized carbons (Fsp3) is 0.263. The minimum absolute atomic E-state index is 0.0982. The molecule has 2 aromatic heterocycles. The van der Waals surface area contributed by atoms with E-state index in [-0.39, 0.29) is 23.0 Å². The van der Waals surface area contributed by atoms with Crippen LogP contribution in [-0.2, 0) is 9.84 Å². The van der Waals surface area contributed by atoms with Crippen molar-refractivity contribution in [1.29, 1.82) is 0 Å². The van der Waals surface area contributed by atoms with Gasteiger partial charge in [-0.25, -0.2) is 28.2 Å². The molecule has 2 heterocycles. The van der Waals surface area contributed by atoms with Crippen molar-refractivity contribution < 1.29 is 41.0 Å². The van der Waals surface area contributed by atoms with Crippen LogP contribution in [0.3, 0.4) is 0 Å². The lowest BCUT2D eigenvalue weighted by atomic mass is 10.2.